The van der Waals surface area contributed by atoms with Gasteiger partial charge in [0.1, 0.15) is 5.82 Å². The molecule has 0 aromatic heterocycles. The van der Waals surface area contributed by atoms with Gasteiger partial charge in [0.2, 0.25) is 0 Å². The average Bonchev–Trinajstić information content (AvgIpc) is 2.95. The van der Waals surface area contributed by atoms with Crippen molar-refractivity contribution in [1.29, 1.82) is 0 Å². The number of carbonyl (C=O) groups excluding carboxylic acids is 1. The first-order valence-electron chi connectivity index (χ1n) is 11.7. The summed E-state index contributed by atoms with van der Waals surface area (Å²) >= 11 is 0. The van der Waals surface area contributed by atoms with Crippen molar-refractivity contribution in [2.75, 3.05) is 13.2 Å². The van der Waals surface area contributed by atoms with E-state index in [9.17, 15) is 9.18 Å². The minimum Gasteiger partial charge on any atom is -0.381 e. The summed E-state index contributed by atoms with van der Waals surface area (Å²) in [6.07, 6.45) is 11.4. The van der Waals surface area contributed by atoms with Crippen molar-refractivity contribution in [1.82, 2.24) is 0 Å². The van der Waals surface area contributed by atoms with E-state index in [-0.39, 0.29) is 22.9 Å². The molecule has 3 rings (SSSR count). The molecule has 3 heteroatoms. The fourth-order valence-corrected chi connectivity index (χ4v) is 4.87. The quantitative estimate of drug-likeness (QED) is 0.299. The van der Waals surface area contributed by atoms with E-state index in [1.54, 1.807) is 6.08 Å². The molecule has 1 aliphatic heterocycles. The van der Waals surface area contributed by atoms with Crippen LogP contribution >= 0.6 is 0 Å². The molecule has 1 aromatic carbocycles. The Morgan fingerprint density at radius 2 is 1.91 bits per heavy atom. The van der Waals surface area contributed by atoms with Gasteiger partial charge in [0, 0.05) is 18.8 Å². The van der Waals surface area contributed by atoms with E-state index in [1.807, 2.05) is 31.2 Å². The largest absolute Gasteiger partial charge is 0.381 e. The monoisotopic (exact) mass is 434 g/mol. The molecule has 1 unspecified atom stereocenters. The van der Waals surface area contributed by atoms with Crippen LogP contribution in [0.2, 0.25) is 0 Å². The Morgan fingerprint density at radius 1 is 1.22 bits per heavy atom. The second kappa shape index (κ2) is 10.9. The van der Waals surface area contributed by atoms with Crippen molar-refractivity contribution in [2.45, 2.75) is 65.2 Å². The zero-order chi connectivity index (χ0) is 23.1. The SMILES string of the molecule is C=C(CC1(CCC)CCOCC1)C(=O)C1=CC(CC(C)c2ccc(F)cc2)=C(C)C=C=C1. The number of allylic oxidation sites excluding steroid dienone is 6. The second-order valence-corrected chi connectivity index (χ2v) is 9.39. The average molecular weight is 435 g/mol. The summed E-state index contributed by atoms with van der Waals surface area (Å²) < 4.78 is 18.9. The molecule has 0 N–H and O–H groups in total. The number of ketones is 1. The first kappa shape index (κ1) is 24.2. The van der Waals surface area contributed by atoms with Crippen molar-refractivity contribution < 1.29 is 13.9 Å². The highest BCUT2D eigenvalue weighted by Crippen LogP contribution is 2.41. The van der Waals surface area contributed by atoms with E-state index in [0.717, 1.165) is 68.4 Å². The number of hydrogen-bond acceptors (Lipinski definition) is 2. The first-order chi connectivity index (χ1) is 15.3. The summed E-state index contributed by atoms with van der Waals surface area (Å²) in [5, 5.41) is 0. The minimum atomic E-state index is -0.227. The molecule has 0 spiro atoms. The zero-order valence-electron chi connectivity index (χ0n) is 19.7. The van der Waals surface area contributed by atoms with E-state index in [4.69, 9.17) is 4.74 Å². The van der Waals surface area contributed by atoms with E-state index in [1.165, 1.54) is 12.1 Å². The smallest absolute Gasteiger partial charge is 0.189 e. The zero-order valence-corrected chi connectivity index (χ0v) is 19.7. The van der Waals surface area contributed by atoms with Crippen LogP contribution in [0.4, 0.5) is 4.39 Å². The lowest BCUT2D eigenvalue weighted by Crippen LogP contribution is -2.31. The van der Waals surface area contributed by atoms with E-state index in [2.05, 4.69) is 26.2 Å². The fraction of sp³-hybridized carbons (Fsp3) is 0.448. The molecule has 32 heavy (non-hydrogen) atoms. The lowest BCUT2D eigenvalue weighted by molar-refractivity contribution is -0.112. The summed E-state index contributed by atoms with van der Waals surface area (Å²) in [5.74, 6) is -0.0120. The number of carbonyl (C=O) groups is 1. The van der Waals surface area contributed by atoms with Crippen LogP contribution in [-0.2, 0) is 9.53 Å². The lowest BCUT2D eigenvalue weighted by Gasteiger charge is -2.37. The van der Waals surface area contributed by atoms with Gasteiger partial charge in [-0.3, -0.25) is 4.79 Å². The van der Waals surface area contributed by atoms with Crippen LogP contribution in [0.25, 0.3) is 0 Å². The van der Waals surface area contributed by atoms with Crippen molar-refractivity contribution in [3.8, 4) is 0 Å². The normalized spacial score (nSPS) is 18.8. The first-order valence-corrected chi connectivity index (χ1v) is 11.7. The van der Waals surface area contributed by atoms with E-state index < -0.39 is 0 Å². The van der Waals surface area contributed by atoms with Crippen LogP contribution in [0.1, 0.15) is 70.8 Å². The van der Waals surface area contributed by atoms with Gasteiger partial charge >= 0.3 is 0 Å². The van der Waals surface area contributed by atoms with Gasteiger partial charge < -0.3 is 4.74 Å². The van der Waals surface area contributed by atoms with Crippen molar-refractivity contribution in [3.05, 3.63) is 88.5 Å². The van der Waals surface area contributed by atoms with Crippen molar-refractivity contribution in [2.24, 2.45) is 5.41 Å². The maximum atomic E-state index is 13.4. The molecule has 0 saturated carbocycles. The molecule has 170 valence electrons. The molecular formula is C29H35FO2. The Morgan fingerprint density at radius 3 is 2.56 bits per heavy atom. The molecule has 1 saturated heterocycles. The Kier molecular flexibility index (Phi) is 8.23. The summed E-state index contributed by atoms with van der Waals surface area (Å²) in [6, 6.07) is 6.66. The molecule has 2 nitrogen and oxygen atoms in total. The third-order valence-corrected chi connectivity index (χ3v) is 6.85. The van der Waals surface area contributed by atoms with E-state index >= 15 is 0 Å². The minimum absolute atomic E-state index is 0.00880. The molecule has 0 amide bonds. The van der Waals surface area contributed by atoms with E-state index in [0.29, 0.717) is 11.1 Å². The van der Waals surface area contributed by atoms with Crippen LogP contribution in [0.3, 0.4) is 0 Å². The van der Waals surface area contributed by atoms with Crippen LogP contribution in [-0.4, -0.2) is 19.0 Å². The molecule has 0 radical (unpaired) electrons. The summed E-state index contributed by atoms with van der Waals surface area (Å²) in [5.41, 5.74) is 7.88. The summed E-state index contributed by atoms with van der Waals surface area (Å²) in [4.78, 5) is 13.4. The topological polar surface area (TPSA) is 26.3 Å². The summed E-state index contributed by atoms with van der Waals surface area (Å²) in [6.45, 7) is 12.1. The Bertz CT molecular complexity index is 959. The van der Waals surface area contributed by atoms with Gasteiger partial charge in [0.15, 0.2) is 5.78 Å². The predicted octanol–water partition coefficient (Wildman–Crippen LogP) is 7.40. The van der Waals surface area contributed by atoms with Crippen LogP contribution < -0.4 is 0 Å². The van der Waals surface area contributed by atoms with Gasteiger partial charge in [0.25, 0.3) is 0 Å². The van der Waals surface area contributed by atoms with Gasteiger partial charge in [-0.05, 0) is 103 Å². The fourth-order valence-electron chi connectivity index (χ4n) is 4.87. The van der Waals surface area contributed by atoms with Gasteiger partial charge in [-0.15, -0.1) is 5.73 Å². The number of Topliss-reactive ketones (excluding diaryl/α,β-unsaturated/α-hetero) is 1. The van der Waals surface area contributed by atoms with Crippen LogP contribution in [0, 0.1) is 11.2 Å². The maximum Gasteiger partial charge on any atom is 0.189 e. The number of hydrogen-bond donors (Lipinski definition) is 0. The number of rotatable bonds is 9. The third kappa shape index (κ3) is 6.06. The highest BCUT2D eigenvalue weighted by atomic mass is 19.1. The third-order valence-electron chi connectivity index (χ3n) is 6.85. The second-order valence-electron chi connectivity index (χ2n) is 9.39. The number of ether oxygens (including phenoxy) is 1. The molecule has 1 fully saturated rings. The van der Waals surface area contributed by atoms with Crippen LogP contribution in [0.15, 0.2) is 77.1 Å². The van der Waals surface area contributed by atoms with Gasteiger partial charge in [-0.1, -0.05) is 39.0 Å². The molecule has 1 aliphatic carbocycles. The molecular weight excluding hydrogens is 399 g/mol. The Labute approximate surface area is 192 Å². The molecule has 1 aromatic rings. The maximum absolute atomic E-state index is 13.4. The standard InChI is InChI=1S/C29H35FO2/c1-5-13-29(14-16-32-17-15-29)20-23(4)28(31)25-8-6-7-21(2)26(19-25)18-22(3)24-9-11-27(30)12-10-24/h7-12,19,22H,4-5,13-18,20H2,1-3H3. The molecule has 0 bridgehead atoms. The molecule has 2 aliphatic rings. The summed E-state index contributed by atoms with van der Waals surface area (Å²) in [7, 11) is 0. The van der Waals surface area contributed by atoms with Crippen LogP contribution in [0.5, 0.6) is 0 Å². The van der Waals surface area contributed by atoms with Gasteiger partial charge in [-0.2, -0.15) is 0 Å². The van der Waals surface area contributed by atoms with Gasteiger partial charge in [-0.25, -0.2) is 4.39 Å². The van der Waals surface area contributed by atoms with Crippen molar-refractivity contribution >= 4 is 5.78 Å². The molecule has 1 heterocycles. The Hall–Kier alpha value is -2.48. The van der Waals surface area contributed by atoms with Crippen molar-refractivity contribution in [3.63, 3.8) is 0 Å². The predicted molar refractivity (Wildman–Crippen MR) is 129 cm³/mol. The molecule has 1 atom stereocenters. The lowest BCUT2D eigenvalue weighted by atomic mass is 9.71. The number of halogens is 1. The highest BCUT2D eigenvalue weighted by molar-refractivity contribution is 6.10. The Balaban J connectivity index is 1.77. The van der Waals surface area contributed by atoms with Gasteiger partial charge in [0.05, 0.1) is 0 Å². The highest BCUT2D eigenvalue weighted by Gasteiger charge is 2.33. The number of benzene rings is 1.